The summed E-state index contributed by atoms with van der Waals surface area (Å²) in [6, 6.07) is 8.98. The van der Waals surface area contributed by atoms with Gasteiger partial charge in [-0.2, -0.15) is 0 Å². The summed E-state index contributed by atoms with van der Waals surface area (Å²) in [5, 5.41) is 15.1. The van der Waals surface area contributed by atoms with E-state index in [0.717, 1.165) is 12.1 Å². The van der Waals surface area contributed by atoms with Crippen molar-refractivity contribution >= 4 is 23.4 Å². The largest absolute Gasteiger partial charge is 0.387 e. The molecule has 0 bridgehead atoms. The van der Waals surface area contributed by atoms with Crippen molar-refractivity contribution in [1.29, 1.82) is 0 Å². The Morgan fingerprint density at radius 3 is 2.40 bits per heavy atom. The highest BCUT2D eigenvalue weighted by Gasteiger charge is 2.14. The highest BCUT2D eigenvalue weighted by atomic mass is 35.5. The van der Waals surface area contributed by atoms with Gasteiger partial charge in [-0.15, -0.1) is 0 Å². The van der Waals surface area contributed by atoms with E-state index < -0.39 is 36.1 Å². The van der Waals surface area contributed by atoms with Crippen LogP contribution in [0.15, 0.2) is 42.5 Å². The van der Waals surface area contributed by atoms with Gasteiger partial charge >= 0.3 is 0 Å². The topological polar surface area (TPSA) is 78.4 Å². The average Bonchev–Trinajstić information content (AvgIpc) is 2.58. The molecule has 132 valence electrons. The number of carbonyl (C=O) groups is 2. The number of benzene rings is 2. The molecule has 0 heterocycles. The smallest absolute Gasteiger partial charge is 0.254 e. The van der Waals surface area contributed by atoms with Gasteiger partial charge in [0.05, 0.1) is 18.2 Å². The molecule has 8 heteroatoms. The molecule has 3 N–H and O–H groups in total. The number of hydrogen-bond acceptors (Lipinski definition) is 3. The van der Waals surface area contributed by atoms with E-state index in [0.29, 0.717) is 16.7 Å². The Morgan fingerprint density at radius 2 is 1.76 bits per heavy atom. The summed E-state index contributed by atoms with van der Waals surface area (Å²) < 4.78 is 26.2. The van der Waals surface area contributed by atoms with Crippen LogP contribution in [0.2, 0.25) is 5.02 Å². The number of amides is 2. The zero-order valence-corrected chi connectivity index (χ0v) is 13.7. The lowest BCUT2D eigenvalue weighted by atomic mass is 10.1. The van der Waals surface area contributed by atoms with Crippen LogP contribution >= 0.6 is 11.6 Å². The van der Waals surface area contributed by atoms with Gasteiger partial charge in [-0.05, 0) is 29.8 Å². The quantitative estimate of drug-likeness (QED) is 0.731. The average molecular weight is 369 g/mol. The number of aliphatic hydroxyl groups is 1. The summed E-state index contributed by atoms with van der Waals surface area (Å²) in [6.07, 6.45) is -0.938. The van der Waals surface area contributed by atoms with Crippen LogP contribution in [0.25, 0.3) is 0 Å². The predicted molar refractivity (Wildman–Crippen MR) is 88.1 cm³/mol. The van der Waals surface area contributed by atoms with Crippen LogP contribution in [0.4, 0.5) is 8.78 Å². The van der Waals surface area contributed by atoms with E-state index in [1.165, 1.54) is 0 Å². The molecule has 2 aromatic carbocycles. The zero-order valence-electron chi connectivity index (χ0n) is 12.9. The molecule has 0 aliphatic heterocycles. The lowest BCUT2D eigenvalue weighted by molar-refractivity contribution is -0.120. The van der Waals surface area contributed by atoms with Crippen LogP contribution < -0.4 is 10.6 Å². The van der Waals surface area contributed by atoms with Crippen LogP contribution in [0.5, 0.6) is 0 Å². The maximum absolute atomic E-state index is 13.5. The van der Waals surface area contributed by atoms with Crippen molar-refractivity contribution in [3.63, 3.8) is 0 Å². The fourth-order valence-corrected chi connectivity index (χ4v) is 2.13. The molecule has 0 aromatic heterocycles. The van der Waals surface area contributed by atoms with E-state index in [1.54, 1.807) is 24.3 Å². The van der Waals surface area contributed by atoms with Gasteiger partial charge in [0.2, 0.25) is 5.91 Å². The van der Waals surface area contributed by atoms with Gasteiger partial charge in [-0.3, -0.25) is 9.59 Å². The summed E-state index contributed by atoms with van der Waals surface area (Å²) in [5.74, 6) is -3.23. The summed E-state index contributed by atoms with van der Waals surface area (Å²) >= 11 is 5.75. The molecule has 0 spiro atoms. The predicted octanol–water partition coefficient (Wildman–Crippen LogP) is 2.20. The van der Waals surface area contributed by atoms with E-state index in [9.17, 15) is 23.5 Å². The SMILES string of the molecule is O=C(CNC(=O)c1ccc(F)cc1F)NCC(O)c1ccc(Cl)cc1. The highest BCUT2D eigenvalue weighted by molar-refractivity contribution is 6.30. The Morgan fingerprint density at radius 1 is 1.08 bits per heavy atom. The molecule has 1 atom stereocenters. The molecule has 0 radical (unpaired) electrons. The van der Waals surface area contributed by atoms with Crippen molar-refractivity contribution in [1.82, 2.24) is 10.6 Å². The second-order valence-corrected chi connectivity index (χ2v) is 5.61. The number of hydrogen-bond donors (Lipinski definition) is 3. The van der Waals surface area contributed by atoms with E-state index in [-0.39, 0.29) is 12.1 Å². The van der Waals surface area contributed by atoms with Crippen LogP contribution in [-0.4, -0.2) is 30.0 Å². The third-order valence-corrected chi connectivity index (χ3v) is 3.58. The number of carbonyl (C=O) groups excluding carboxylic acids is 2. The van der Waals surface area contributed by atoms with Crippen LogP contribution in [0, 0.1) is 11.6 Å². The lowest BCUT2D eigenvalue weighted by Crippen LogP contribution is -2.38. The van der Waals surface area contributed by atoms with Crippen molar-refractivity contribution in [3.05, 3.63) is 70.2 Å². The molecular formula is C17H15ClF2N2O3. The highest BCUT2D eigenvalue weighted by Crippen LogP contribution is 2.15. The molecule has 1 unspecified atom stereocenters. The number of halogens is 3. The van der Waals surface area contributed by atoms with Crippen molar-refractivity contribution in [2.24, 2.45) is 0 Å². The standard InChI is InChI=1S/C17H15ClF2N2O3/c18-11-3-1-10(2-4-11)15(23)8-21-16(24)9-22-17(25)13-6-5-12(19)7-14(13)20/h1-7,15,23H,8-9H2,(H,21,24)(H,22,25). The fraction of sp³-hybridized carbons (Fsp3) is 0.176. The van der Waals surface area contributed by atoms with Crippen molar-refractivity contribution < 1.29 is 23.5 Å². The summed E-state index contributed by atoms with van der Waals surface area (Å²) in [4.78, 5) is 23.5. The van der Waals surface area contributed by atoms with Gasteiger partial charge in [0.1, 0.15) is 11.6 Å². The first-order valence-electron chi connectivity index (χ1n) is 7.30. The molecule has 5 nitrogen and oxygen atoms in total. The van der Waals surface area contributed by atoms with Gasteiger partial charge < -0.3 is 15.7 Å². The Labute approximate surface area is 147 Å². The maximum atomic E-state index is 13.5. The molecule has 2 amide bonds. The minimum atomic E-state index is -1.02. The summed E-state index contributed by atoms with van der Waals surface area (Å²) in [5.41, 5.74) is 0.206. The van der Waals surface area contributed by atoms with Crippen molar-refractivity contribution in [3.8, 4) is 0 Å². The third kappa shape index (κ3) is 5.51. The minimum Gasteiger partial charge on any atom is -0.387 e. The molecule has 0 aliphatic rings. The molecule has 2 rings (SSSR count). The van der Waals surface area contributed by atoms with Gasteiger partial charge in [0, 0.05) is 17.6 Å². The van der Waals surface area contributed by atoms with Crippen molar-refractivity contribution in [2.75, 3.05) is 13.1 Å². The van der Waals surface area contributed by atoms with Crippen molar-refractivity contribution in [2.45, 2.75) is 6.10 Å². The molecular weight excluding hydrogens is 354 g/mol. The molecule has 2 aromatic rings. The first kappa shape index (κ1) is 18.8. The molecule has 0 fully saturated rings. The Kier molecular flexibility index (Phi) is 6.44. The number of aliphatic hydroxyl groups excluding tert-OH is 1. The van der Waals surface area contributed by atoms with E-state index in [4.69, 9.17) is 11.6 Å². The Balaban J connectivity index is 1.80. The van der Waals surface area contributed by atoms with E-state index in [1.807, 2.05) is 0 Å². The lowest BCUT2D eigenvalue weighted by Gasteiger charge is -2.13. The molecule has 25 heavy (non-hydrogen) atoms. The summed E-state index contributed by atoms with van der Waals surface area (Å²) in [7, 11) is 0. The number of rotatable bonds is 6. The van der Waals surface area contributed by atoms with Crippen LogP contribution in [0.3, 0.4) is 0 Å². The van der Waals surface area contributed by atoms with Gasteiger partial charge in [-0.1, -0.05) is 23.7 Å². The van der Waals surface area contributed by atoms with Gasteiger partial charge in [0.25, 0.3) is 5.91 Å². The molecule has 0 saturated carbocycles. The minimum absolute atomic E-state index is 0.0682. The monoisotopic (exact) mass is 368 g/mol. The van der Waals surface area contributed by atoms with E-state index in [2.05, 4.69) is 10.6 Å². The summed E-state index contributed by atoms with van der Waals surface area (Å²) in [6.45, 7) is -0.482. The Hall–Kier alpha value is -2.51. The van der Waals surface area contributed by atoms with Gasteiger partial charge in [0.15, 0.2) is 0 Å². The van der Waals surface area contributed by atoms with Crippen LogP contribution in [-0.2, 0) is 4.79 Å². The first-order chi connectivity index (χ1) is 11.9. The third-order valence-electron chi connectivity index (χ3n) is 3.33. The van der Waals surface area contributed by atoms with E-state index >= 15 is 0 Å². The normalized spacial score (nSPS) is 11.7. The van der Waals surface area contributed by atoms with Gasteiger partial charge in [-0.25, -0.2) is 8.78 Å². The molecule has 0 saturated heterocycles. The fourth-order valence-electron chi connectivity index (χ4n) is 2.01. The van der Waals surface area contributed by atoms with Crippen LogP contribution in [0.1, 0.15) is 22.0 Å². The number of nitrogens with one attached hydrogen (secondary N) is 2. The molecule has 0 aliphatic carbocycles. The second-order valence-electron chi connectivity index (χ2n) is 5.18. The Bertz CT molecular complexity index is 769. The first-order valence-corrected chi connectivity index (χ1v) is 7.68. The maximum Gasteiger partial charge on any atom is 0.254 e. The zero-order chi connectivity index (χ0) is 18.4. The second kappa shape index (κ2) is 8.55.